The van der Waals surface area contributed by atoms with Gasteiger partial charge in [-0.05, 0) is 36.4 Å². The number of carbonyl (C=O) groups excluding carboxylic acids is 1. The number of rotatable bonds is 4. The second-order valence-corrected chi connectivity index (χ2v) is 6.92. The van der Waals surface area contributed by atoms with Gasteiger partial charge >= 0.3 is 5.97 Å². The van der Waals surface area contributed by atoms with Gasteiger partial charge in [0.2, 0.25) is 5.91 Å². The summed E-state index contributed by atoms with van der Waals surface area (Å²) >= 11 is 1.28. The van der Waals surface area contributed by atoms with E-state index in [4.69, 9.17) is 9.52 Å². The maximum absolute atomic E-state index is 12.3. The predicted octanol–water partition coefficient (Wildman–Crippen LogP) is 4.24. The number of hydrogen-bond acceptors (Lipinski definition) is 5. The van der Waals surface area contributed by atoms with Crippen LogP contribution in [0.15, 0.2) is 76.1 Å². The molecule has 0 aliphatic carbocycles. The average molecular weight is 378 g/mol. The summed E-state index contributed by atoms with van der Waals surface area (Å²) in [6, 6.07) is 19.3. The summed E-state index contributed by atoms with van der Waals surface area (Å²) in [5.74, 6) is -0.201. The molecule has 4 rings (SSSR count). The van der Waals surface area contributed by atoms with Gasteiger partial charge in [0, 0.05) is 5.56 Å². The molecule has 7 heteroatoms. The highest BCUT2D eigenvalue weighted by atomic mass is 32.2. The van der Waals surface area contributed by atoms with Crippen molar-refractivity contribution in [3.05, 3.63) is 78.1 Å². The van der Waals surface area contributed by atoms with Crippen molar-refractivity contribution in [2.45, 2.75) is 5.25 Å². The van der Waals surface area contributed by atoms with E-state index in [0.29, 0.717) is 22.3 Å². The lowest BCUT2D eigenvalue weighted by atomic mass is 10.1. The smallest absolute Gasteiger partial charge is 0.335 e. The van der Waals surface area contributed by atoms with E-state index in [9.17, 15) is 9.59 Å². The molecule has 3 aromatic rings. The molecule has 1 aromatic heterocycles. The van der Waals surface area contributed by atoms with Crippen LogP contribution in [0.1, 0.15) is 21.4 Å². The Kier molecular flexibility index (Phi) is 4.52. The van der Waals surface area contributed by atoms with Crippen molar-refractivity contribution in [1.29, 1.82) is 0 Å². The van der Waals surface area contributed by atoms with Crippen molar-refractivity contribution in [2.24, 2.45) is 4.99 Å². The Morgan fingerprint density at radius 3 is 2.67 bits per heavy atom. The highest BCUT2D eigenvalue weighted by molar-refractivity contribution is 8.15. The van der Waals surface area contributed by atoms with Crippen LogP contribution in [0.2, 0.25) is 0 Å². The van der Waals surface area contributed by atoms with Crippen LogP contribution in [0, 0.1) is 0 Å². The number of nitrogens with one attached hydrogen (secondary N) is 1. The predicted molar refractivity (Wildman–Crippen MR) is 103 cm³/mol. The second-order valence-electron chi connectivity index (χ2n) is 5.83. The van der Waals surface area contributed by atoms with E-state index < -0.39 is 11.2 Å². The quantitative estimate of drug-likeness (QED) is 0.709. The first-order valence-corrected chi connectivity index (χ1v) is 9.03. The summed E-state index contributed by atoms with van der Waals surface area (Å²) in [7, 11) is 0. The minimum absolute atomic E-state index is 0.177. The molecule has 1 unspecified atom stereocenters. The van der Waals surface area contributed by atoms with E-state index in [2.05, 4.69) is 10.3 Å². The van der Waals surface area contributed by atoms with Crippen LogP contribution < -0.4 is 5.32 Å². The zero-order valence-electron chi connectivity index (χ0n) is 14.0. The summed E-state index contributed by atoms with van der Waals surface area (Å²) in [5.41, 5.74) is 1.57. The zero-order chi connectivity index (χ0) is 18.8. The van der Waals surface area contributed by atoms with Gasteiger partial charge in [0.15, 0.2) is 5.17 Å². The largest absolute Gasteiger partial charge is 0.478 e. The minimum Gasteiger partial charge on any atom is -0.478 e. The molecule has 1 amide bonds. The third kappa shape index (κ3) is 3.63. The minimum atomic E-state index is -1.00. The third-order valence-electron chi connectivity index (χ3n) is 3.96. The van der Waals surface area contributed by atoms with E-state index in [-0.39, 0.29) is 11.5 Å². The number of amidine groups is 1. The first-order valence-electron chi connectivity index (χ1n) is 8.15. The fourth-order valence-corrected chi connectivity index (χ4v) is 3.63. The third-order valence-corrected chi connectivity index (χ3v) is 5.06. The van der Waals surface area contributed by atoms with Gasteiger partial charge in [-0.15, -0.1) is 0 Å². The molecule has 1 aliphatic rings. The summed E-state index contributed by atoms with van der Waals surface area (Å²) in [6.45, 7) is 0. The van der Waals surface area contributed by atoms with Crippen LogP contribution >= 0.6 is 11.8 Å². The molecular formula is C20H14N2O4S. The Labute approximate surface area is 158 Å². The molecule has 1 atom stereocenters. The number of aromatic carboxylic acids is 1. The number of benzene rings is 2. The normalized spacial score (nSPS) is 17.9. The van der Waals surface area contributed by atoms with E-state index >= 15 is 0 Å². The highest BCUT2D eigenvalue weighted by Gasteiger charge is 2.34. The number of carboxylic acids is 1. The van der Waals surface area contributed by atoms with Crippen molar-refractivity contribution in [3.8, 4) is 11.3 Å². The summed E-state index contributed by atoms with van der Waals surface area (Å²) < 4.78 is 5.83. The summed E-state index contributed by atoms with van der Waals surface area (Å²) in [5, 5.41) is 11.9. The number of para-hydroxylation sites is 1. The lowest BCUT2D eigenvalue weighted by Crippen LogP contribution is -2.21. The molecule has 2 aromatic carbocycles. The van der Waals surface area contributed by atoms with Crippen LogP contribution in [0.4, 0.5) is 5.69 Å². The molecule has 0 saturated carbocycles. The van der Waals surface area contributed by atoms with Gasteiger partial charge in [-0.1, -0.05) is 42.1 Å². The fourth-order valence-electron chi connectivity index (χ4n) is 2.68. The molecule has 2 heterocycles. The van der Waals surface area contributed by atoms with Crippen molar-refractivity contribution >= 4 is 34.5 Å². The molecule has 27 heavy (non-hydrogen) atoms. The first kappa shape index (κ1) is 17.1. The molecular weight excluding hydrogens is 364 g/mol. The Balaban J connectivity index is 1.57. The molecule has 2 N–H and O–H groups in total. The second kappa shape index (κ2) is 7.13. The lowest BCUT2D eigenvalue weighted by Gasteiger charge is -2.02. The SMILES string of the molecule is O=C(O)c1cccc(-c2ccc(C3SC(=Nc4ccccc4)NC3=O)o2)c1. The van der Waals surface area contributed by atoms with Gasteiger partial charge in [-0.3, -0.25) is 4.79 Å². The molecule has 6 nitrogen and oxygen atoms in total. The van der Waals surface area contributed by atoms with Gasteiger partial charge in [0.1, 0.15) is 16.8 Å². The molecule has 134 valence electrons. The number of thioether (sulfide) groups is 1. The van der Waals surface area contributed by atoms with Gasteiger partial charge in [0.05, 0.1) is 11.3 Å². The average Bonchev–Trinajstić information content (AvgIpc) is 3.29. The molecule has 0 bridgehead atoms. The van der Waals surface area contributed by atoms with Crippen LogP contribution in [0.5, 0.6) is 0 Å². The van der Waals surface area contributed by atoms with E-state index in [0.717, 1.165) is 5.69 Å². The monoisotopic (exact) mass is 378 g/mol. The summed E-state index contributed by atoms with van der Waals surface area (Å²) in [4.78, 5) is 27.9. The number of nitrogens with zero attached hydrogens (tertiary/aromatic N) is 1. The number of carbonyl (C=O) groups is 2. The van der Waals surface area contributed by atoms with Crippen molar-refractivity contribution in [1.82, 2.24) is 5.32 Å². The van der Waals surface area contributed by atoms with Crippen LogP contribution in [0.3, 0.4) is 0 Å². The van der Waals surface area contributed by atoms with E-state index in [1.165, 1.54) is 23.9 Å². The number of hydrogen-bond donors (Lipinski definition) is 2. The van der Waals surface area contributed by atoms with E-state index in [1.54, 1.807) is 24.3 Å². The number of carboxylic acid groups (broad SMARTS) is 1. The van der Waals surface area contributed by atoms with Crippen molar-refractivity contribution in [2.75, 3.05) is 0 Å². The zero-order valence-corrected chi connectivity index (χ0v) is 14.8. The maximum Gasteiger partial charge on any atom is 0.335 e. The Hall–Kier alpha value is -3.32. The molecule has 0 radical (unpaired) electrons. The maximum atomic E-state index is 12.3. The lowest BCUT2D eigenvalue weighted by molar-refractivity contribution is -0.119. The Bertz CT molecular complexity index is 1040. The number of aliphatic imine (C=N–C) groups is 1. The van der Waals surface area contributed by atoms with Gasteiger partial charge in [0.25, 0.3) is 0 Å². The number of furan rings is 1. The van der Waals surface area contributed by atoms with Crippen molar-refractivity contribution < 1.29 is 19.1 Å². The number of amides is 1. The van der Waals surface area contributed by atoms with E-state index in [1.807, 2.05) is 30.3 Å². The van der Waals surface area contributed by atoms with Gasteiger partial charge in [-0.25, -0.2) is 9.79 Å². The Morgan fingerprint density at radius 2 is 1.89 bits per heavy atom. The van der Waals surface area contributed by atoms with Crippen LogP contribution in [0.25, 0.3) is 11.3 Å². The summed E-state index contributed by atoms with van der Waals surface area (Å²) in [6.07, 6.45) is 0. The van der Waals surface area contributed by atoms with Gasteiger partial charge < -0.3 is 14.8 Å². The molecule has 1 aliphatic heterocycles. The highest BCUT2D eigenvalue weighted by Crippen LogP contribution is 2.37. The molecule has 0 spiro atoms. The molecule has 1 fully saturated rings. The first-order chi connectivity index (χ1) is 13.1. The van der Waals surface area contributed by atoms with Gasteiger partial charge in [-0.2, -0.15) is 0 Å². The standard InChI is InChI=1S/C20H14N2O4S/c23-18-17(27-20(22-18)21-14-7-2-1-3-8-14)16-10-9-15(26-16)12-5-4-6-13(11-12)19(24)25/h1-11,17H,(H,24,25)(H,21,22,23). The Morgan fingerprint density at radius 1 is 1.07 bits per heavy atom. The van der Waals surface area contributed by atoms with Crippen molar-refractivity contribution in [3.63, 3.8) is 0 Å². The van der Waals surface area contributed by atoms with Crippen LogP contribution in [-0.4, -0.2) is 22.2 Å². The fraction of sp³-hybridized carbons (Fsp3) is 0.0500. The van der Waals surface area contributed by atoms with Crippen LogP contribution in [-0.2, 0) is 4.79 Å². The topological polar surface area (TPSA) is 91.9 Å². The molecule has 1 saturated heterocycles.